The van der Waals surface area contributed by atoms with Gasteiger partial charge in [0, 0.05) is 20.4 Å². The molecule has 0 spiro atoms. The zero-order chi connectivity index (χ0) is 29.7. The number of fused-ring (bicyclic) bond motifs is 2. The maximum Gasteiger partial charge on any atom is 0.341 e. The number of esters is 2. The molecule has 0 atom stereocenters. The van der Waals surface area contributed by atoms with Gasteiger partial charge in [-0.2, -0.15) is 10.2 Å². The van der Waals surface area contributed by atoms with E-state index in [-0.39, 0.29) is 39.5 Å². The maximum absolute atomic E-state index is 11.8. The van der Waals surface area contributed by atoms with E-state index in [9.17, 15) is 14.7 Å². The molecule has 1 N–H and O–H groups in total. The number of aromatic hydroxyl groups is 1. The van der Waals surface area contributed by atoms with E-state index in [1.165, 1.54) is 26.6 Å². The fourth-order valence-corrected chi connectivity index (χ4v) is 4.41. The van der Waals surface area contributed by atoms with Crippen molar-refractivity contribution in [1.29, 1.82) is 0 Å². The molecule has 0 aliphatic heterocycles. The first kappa shape index (κ1) is 34.7. The topological polar surface area (TPSA) is 117 Å². The molecule has 0 aliphatic rings. The Hall–Kier alpha value is -4.46. The van der Waals surface area contributed by atoms with Gasteiger partial charge in [-0.05, 0) is 48.2 Å². The summed E-state index contributed by atoms with van der Waals surface area (Å²) in [5.41, 5.74) is 5.38. The van der Waals surface area contributed by atoms with E-state index in [1.807, 2.05) is 57.2 Å². The molecule has 0 saturated heterocycles. The van der Waals surface area contributed by atoms with Gasteiger partial charge in [-0.25, -0.2) is 18.6 Å². The van der Waals surface area contributed by atoms with E-state index in [4.69, 9.17) is 9.47 Å². The van der Waals surface area contributed by atoms with E-state index in [0.29, 0.717) is 40.2 Å². The number of aromatic nitrogens is 4. The van der Waals surface area contributed by atoms with Crippen molar-refractivity contribution >= 4 is 28.5 Å². The van der Waals surface area contributed by atoms with Crippen LogP contribution in [0.15, 0.2) is 73.6 Å². The van der Waals surface area contributed by atoms with Crippen molar-refractivity contribution in [2.75, 3.05) is 14.2 Å². The predicted molar refractivity (Wildman–Crippen MR) is 161 cm³/mol. The second-order valence-corrected chi connectivity index (χ2v) is 9.55. The number of rotatable bonds is 7. The molecule has 43 heavy (non-hydrogen) atoms. The summed E-state index contributed by atoms with van der Waals surface area (Å²) in [5, 5.41) is 18.2. The molecule has 5 rings (SSSR count). The van der Waals surface area contributed by atoms with Crippen LogP contribution in [0.1, 0.15) is 64.4 Å². The summed E-state index contributed by atoms with van der Waals surface area (Å²) in [6.07, 6.45) is 2.95. The van der Waals surface area contributed by atoms with Crippen LogP contribution in [0.3, 0.4) is 0 Å². The van der Waals surface area contributed by atoms with Gasteiger partial charge in [-0.3, -0.25) is 0 Å². The summed E-state index contributed by atoms with van der Waals surface area (Å²) < 4.78 is 18.7. The smallest absolute Gasteiger partial charge is 0.341 e. The Balaban J connectivity index is 0.000000302. The number of hydrogen-bond donors (Lipinski definition) is 1. The second kappa shape index (κ2) is 15.1. The van der Waals surface area contributed by atoms with Crippen molar-refractivity contribution in [3.05, 3.63) is 109 Å². The molecule has 4 aromatic heterocycles. The summed E-state index contributed by atoms with van der Waals surface area (Å²) in [5.74, 6) is 0.0884. The van der Waals surface area contributed by atoms with Gasteiger partial charge in [0.2, 0.25) is 0 Å². The molecule has 0 bridgehead atoms. The Morgan fingerprint density at radius 3 is 1.95 bits per heavy atom. The molecule has 230 valence electrons. The summed E-state index contributed by atoms with van der Waals surface area (Å²) in [4.78, 5) is 23.4. The van der Waals surface area contributed by atoms with Crippen LogP contribution in [-0.4, -0.2) is 50.5 Å². The molecule has 1 aromatic carbocycles. The van der Waals surface area contributed by atoms with Gasteiger partial charge in [0.05, 0.1) is 43.3 Å². The van der Waals surface area contributed by atoms with E-state index >= 15 is 0 Å². The molecule has 10 nitrogen and oxygen atoms in total. The van der Waals surface area contributed by atoms with Crippen LogP contribution < -0.4 is 4.74 Å². The van der Waals surface area contributed by atoms with Crippen molar-refractivity contribution < 1.29 is 49.3 Å². The first-order chi connectivity index (χ1) is 19.7. The van der Waals surface area contributed by atoms with Gasteiger partial charge in [0.1, 0.15) is 34.9 Å². The standard InChI is InChI=1S/C19H18N2O3.C12H14N2O3.CH3.Pd/c1-13(2)18-17(24-12-14-7-5-4-6-8-14)10-9-16-15(19(22)23-3)11-20-21(16)18;1-7(2)11-10(15)5-4-9-8(12(16)17-3)6-13-14(9)11;;/h4-11H,1,12H2,2-3H3;4-7,15H,1-3H3;1H3;/q;;-1;. The van der Waals surface area contributed by atoms with Gasteiger partial charge in [-0.15, -0.1) is 0 Å². The monoisotopic (exact) mass is 677 g/mol. The second-order valence-electron chi connectivity index (χ2n) is 9.55. The van der Waals surface area contributed by atoms with Crippen molar-refractivity contribution in [2.24, 2.45) is 0 Å². The molecular weight excluding hydrogens is 643 g/mol. The average Bonchev–Trinajstić information content (AvgIpc) is 3.60. The minimum Gasteiger partial charge on any atom is -0.506 e. The molecule has 11 heteroatoms. The first-order valence-electron chi connectivity index (χ1n) is 12.9. The van der Waals surface area contributed by atoms with Gasteiger partial charge < -0.3 is 26.7 Å². The van der Waals surface area contributed by atoms with Crippen LogP contribution in [-0.2, 0) is 36.5 Å². The molecule has 0 aliphatic carbocycles. The quantitative estimate of drug-likeness (QED) is 0.124. The van der Waals surface area contributed by atoms with Crippen LogP contribution in [0, 0.1) is 7.43 Å². The molecule has 0 amide bonds. The predicted octanol–water partition coefficient (Wildman–Crippen LogP) is 6.13. The fourth-order valence-electron chi connectivity index (χ4n) is 4.41. The normalized spacial score (nSPS) is 10.3. The number of hydrogen-bond acceptors (Lipinski definition) is 8. The fraction of sp³-hybridized carbons (Fsp3) is 0.219. The molecule has 0 saturated carbocycles. The SMILES string of the molecule is C=C(C)c1c(OCc2ccccc2)ccc2c(C(=O)OC)cnn12.COC(=O)c1cnn2c(C(C)C)c(O)ccc12.[CH3-].[Pd]. The van der Waals surface area contributed by atoms with E-state index < -0.39 is 11.9 Å². The first-order valence-corrected chi connectivity index (χ1v) is 12.9. The molecule has 0 unspecified atom stereocenters. The van der Waals surface area contributed by atoms with E-state index in [2.05, 4.69) is 21.5 Å². The third kappa shape index (κ3) is 7.31. The van der Waals surface area contributed by atoms with Gasteiger partial charge in [-0.1, -0.05) is 50.8 Å². The third-order valence-corrected chi connectivity index (χ3v) is 6.34. The van der Waals surface area contributed by atoms with Crippen LogP contribution in [0.25, 0.3) is 16.6 Å². The minimum atomic E-state index is -0.430. The van der Waals surface area contributed by atoms with Gasteiger partial charge >= 0.3 is 11.9 Å². The van der Waals surface area contributed by atoms with Crippen LogP contribution >= 0.6 is 0 Å². The largest absolute Gasteiger partial charge is 0.506 e. The number of nitrogens with zero attached hydrogens (tertiary/aromatic N) is 4. The Morgan fingerprint density at radius 2 is 1.42 bits per heavy atom. The number of ether oxygens (including phenoxy) is 3. The Labute approximate surface area is 264 Å². The minimum absolute atomic E-state index is 0. The van der Waals surface area contributed by atoms with E-state index in [0.717, 1.165) is 16.8 Å². The van der Waals surface area contributed by atoms with Crippen molar-refractivity contribution in [3.8, 4) is 11.5 Å². The summed E-state index contributed by atoms with van der Waals surface area (Å²) >= 11 is 0. The number of pyridine rings is 2. The van der Waals surface area contributed by atoms with Crippen LogP contribution in [0.5, 0.6) is 11.5 Å². The Kier molecular flexibility index (Phi) is 12.2. The van der Waals surface area contributed by atoms with Gasteiger partial charge in [0.15, 0.2) is 0 Å². The average molecular weight is 678 g/mol. The zero-order valence-electron chi connectivity index (χ0n) is 24.9. The molecule has 4 heterocycles. The number of carbonyl (C=O) groups excluding carboxylic acids is 2. The van der Waals surface area contributed by atoms with Gasteiger partial charge in [0.25, 0.3) is 0 Å². The van der Waals surface area contributed by atoms with Crippen LogP contribution in [0.2, 0.25) is 0 Å². The third-order valence-electron chi connectivity index (χ3n) is 6.34. The number of allylic oxidation sites excluding steroid dienone is 1. The van der Waals surface area contributed by atoms with Crippen molar-refractivity contribution in [3.63, 3.8) is 0 Å². The van der Waals surface area contributed by atoms with Crippen molar-refractivity contribution in [2.45, 2.75) is 33.3 Å². The molecular formula is C32H35N4O6Pd-. The number of benzene rings is 1. The van der Waals surface area contributed by atoms with E-state index in [1.54, 1.807) is 27.2 Å². The summed E-state index contributed by atoms with van der Waals surface area (Å²) in [6, 6.07) is 16.8. The van der Waals surface area contributed by atoms with Crippen LogP contribution in [0.4, 0.5) is 0 Å². The maximum atomic E-state index is 11.8. The number of carbonyl (C=O) groups is 2. The zero-order valence-corrected chi connectivity index (χ0v) is 26.5. The molecule has 5 aromatic rings. The number of methoxy groups -OCH3 is 2. The van der Waals surface area contributed by atoms with Crippen molar-refractivity contribution in [1.82, 2.24) is 19.2 Å². The summed E-state index contributed by atoms with van der Waals surface area (Å²) in [6.45, 7) is 10.2. The molecule has 0 fully saturated rings. The molecule has 0 radical (unpaired) electrons. The Morgan fingerprint density at radius 1 is 0.884 bits per heavy atom. The Bertz CT molecular complexity index is 1730. The summed E-state index contributed by atoms with van der Waals surface area (Å²) in [7, 11) is 2.68.